The Morgan fingerprint density at radius 3 is 2.33 bits per heavy atom. The molecule has 0 spiro atoms. The highest BCUT2D eigenvalue weighted by Gasteiger charge is 2.10. The van der Waals surface area contributed by atoms with Crippen molar-refractivity contribution in [1.29, 1.82) is 0 Å². The topological polar surface area (TPSA) is 41.1 Å². The van der Waals surface area contributed by atoms with Gasteiger partial charge in [0.1, 0.15) is 5.82 Å². The van der Waals surface area contributed by atoms with Gasteiger partial charge in [0.05, 0.1) is 12.2 Å². The number of hydrogen-bond donors (Lipinski definition) is 2. The third kappa shape index (κ3) is 4.24. The quantitative estimate of drug-likeness (QED) is 0.833. The maximum atomic E-state index is 13.3. The van der Waals surface area contributed by atoms with Crippen molar-refractivity contribution < 1.29 is 18.0 Å². The lowest BCUT2D eigenvalue weighted by atomic mass is 10.2. The minimum Gasteiger partial charge on any atom is -0.374 e. The molecule has 0 atom stereocenters. The first kappa shape index (κ1) is 14.9. The summed E-state index contributed by atoms with van der Waals surface area (Å²) in [6.45, 7) is 0.0937. The molecule has 0 fully saturated rings. The number of rotatable bonds is 5. The van der Waals surface area contributed by atoms with E-state index >= 15 is 0 Å². The van der Waals surface area contributed by atoms with E-state index in [2.05, 4.69) is 10.6 Å². The van der Waals surface area contributed by atoms with E-state index in [1.54, 1.807) is 0 Å². The van der Waals surface area contributed by atoms with E-state index < -0.39 is 17.5 Å². The second-order valence-corrected chi connectivity index (χ2v) is 4.36. The highest BCUT2D eigenvalue weighted by molar-refractivity contribution is 5.80. The molecule has 2 aromatic carbocycles. The standard InChI is InChI=1S/C15H13F3N2O/c16-11-6-13(18)14(7-12(11)17)19-9-15(21)20-8-10-4-2-1-3-5-10/h1-7,19H,8-9H2,(H,20,21). The van der Waals surface area contributed by atoms with E-state index in [1.807, 2.05) is 30.3 Å². The summed E-state index contributed by atoms with van der Waals surface area (Å²) in [6.07, 6.45) is 0. The summed E-state index contributed by atoms with van der Waals surface area (Å²) >= 11 is 0. The highest BCUT2D eigenvalue weighted by Crippen LogP contribution is 2.17. The summed E-state index contributed by atoms with van der Waals surface area (Å²) < 4.78 is 39.0. The molecule has 0 saturated heterocycles. The van der Waals surface area contributed by atoms with Gasteiger partial charge in [0, 0.05) is 18.7 Å². The SMILES string of the molecule is O=C(CNc1cc(F)c(F)cc1F)NCc1ccccc1. The van der Waals surface area contributed by atoms with Crippen LogP contribution in [-0.2, 0) is 11.3 Å². The van der Waals surface area contributed by atoms with Gasteiger partial charge >= 0.3 is 0 Å². The average Bonchev–Trinajstić information content (AvgIpc) is 2.48. The molecule has 2 N–H and O–H groups in total. The Bertz CT molecular complexity index is 632. The van der Waals surface area contributed by atoms with Crippen LogP contribution in [0, 0.1) is 17.5 Å². The van der Waals surface area contributed by atoms with Crippen LogP contribution in [0.2, 0.25) is 0 Å². The van der Waals surface area contributed by atoms with E-state index in [0.717, 1.165) is 5.56 Å². The van der Waals surface area contributed by atoms with Crippen molar-refractivity contribution in [2.24, 2.45) is 0 Å². The fraction of sp³-hybridized carbons (Fsp3) is 0.133. The Hall–Kier alpha value is -2.50. The molecule has 0 heterocycles. The number of carbonyl (C=O) groups is 1. The number of benzene rings is 2. The van der Waals surface area contributed by atoms with Crippen LogP contribution < -0.4 is 10.6 Å². The molecule has 2 rings (SSSR count). The summed E-state index contributed by atoms with van der Waals surface area (Å²) in [5.74, 6) is -3.79. The van der Waals surface area contributed by atoms with Crippen molar-refractivity contribution in [3.05, 3.63) is 65.5 Å². The van der Waals surface area contributed by atoms with Gasteiger partial charge in [-0.25, -0.2) is 13.2 Å². The number of hydrogen-bond acceptors (Lipinski definition) is 2. The number of halogens is 3. The predicted octanol–water partition coefficient (Wildman–Crippen LogP) is 2.83. The highest BCUT2D eigenvalue weighted by atomic mass is 19.2. The fourth-order valence-electron chi connectivity index (χ4n) is 1.69. The van der Waals surface area contributed by atoms with Crippen LogP contribution in [0.5, 0.6) is 0 Å². The molecule has 0 saturated carbocycles. The third-order valence-corrected chi connectivity index (χ3v) is 2.78. The Kier molecular flexibility index (Phi) is 4.81. The second kappa shape index (κ2) is 6.78. The van der Waals surface area contributed by atoms with E-state index in [0.29, 0.717) is 18.7 Å². The molecule has 2 aromatic rings. The van der Waals surface area contributed by atoms with Gasteiger partial charge < -0.3 is 10.6 Å². The fourth-order valence-corrected chi connectivity index (χ4v) is 1.69. The lowest BCUT2D eigenvalue weighted by molar-refractivity contribution is -0.119. The zero-order valence-corrected chi connectivity index (χ0v) is 11.0. The van der Waals surface area contributed by atoms with Gasteiger partial charge in [0.2, 0.25) is 5.91 Å². The molecule has 0 unspecified atom stereocenters. The Morgan fingerprint density at radius 2 is 1.62 bits per heavy atom. The van der Waals surface area contributed by atoms with E-state index in [-0.39, 0.29) is 18.1 Å². The third-order valence-electron chi connectivity index (χ3n) is 2.78. The molecule has 0 aliphatic rings. The lowest BCUT2D eigenvalue weighted by Gasteiger charge is -2.09. The van der Waals surface area contributed by atoms with Gasteiger partial charge in [-0.2, -0.15) is 0 Å². The van der Waals surface area contributed by atoms with Crippen LogP contribution in [0.25, 0.3) is 0 Å². The normalized spacial score (nSPS) is 10.2. The molecule has 0 radical (unpaired) electrons. The minimum absolute atomic E-state index is 0.241. The summed E-state index contributed by atoms with van der Waals surface area (Å²) in [7, 11) is 0. The molecule has 6 heteroatoms. The maximum Gasteiger partial charge on any atom is 0.239 e. The van der Waals surface area contributed by atoms with Crippen LogP contribution in [0.1, 0.15) is 5.56 Å². The monoisotopic (exact) mass is 294 g/mol. The molecular weight excluding hydrogens is 281 g/mol. The first-order valence-electron chi connectivity index (χ1n) is 6.25. The molecule has 110 valence electrons. The Balaban J connectivity index is 1.85. The average molecular weight is 294 g/mol. The van der Waals surface area contributed by atoms with Crippen molar-refractivity contribution in [2.45, 2.75) is 6.54 Å². The van der Waals surface area contributed by atoms with Gasteiger partial charge in [0.25, 0.3) is 0 Å². The van der Waals surface area contributed by atoms with E-state index in [9.17, 15) is 18.0 Å². The first-order chi connectivity index (χ1) is 10.1. The zero-order valence-electron chi connectivity index (χ0n) is 11.0. The summed E-state index contributed by atoms with van der Waals surface area (Å²) in [6, 6.07) is 10.4. The van der Waals surface area contributed by atoms with Crippen LogP contribution in [-0.4, -0.2) is 12.5 Å². The second-order valence-electron chi connectivity index (χ2n) is 4.36. The van der Waals surface area contributed by atoms with Crippen molar-refractivity contribution in [2.75, 3.05) is 11.9 Å². The van der Waals surface area contributed by atoms with Crippen molar-refractivity contribution >= 4 is 11.6 Å². The Labute approximate surface area is 119 Å². The van der Waals surface area contributed by atoms with Crippen molar-refractivity contribution in [3.8, 4) is 0 Å². The predicted molar refractivity (Wildman–Crippen MR) is 73.1 cm³/mol. The van der Waals surface area contributed by atoms with Gasteiger partial charge in [-0.05, 0) is 5.56 Å². The van der Waals surface area contributed by atoms with Gasteiger partial charge in [0.15, 0.2) is 11.6 Å². The summed E-state index contributed by atoms with van der Waals surface area (Å²) in [5, 5.41) is 5.05. The molecule has 0 aliphatic heterocycles. The molecule has 0 aliphatic carbocycles. The lowest BCUT2D eigenvalue weighted by Crippen LogP contribution is -2.29. The minimum atomic E-state index is -1.27. The molecule has 1 amide bonds. The largest absolute Gasteiger partial charge is 0.374 e. The molecule has 21 heavy (non-hydrogen) atoms. The summed E-state index contributed by atoms with van der Waals surface area (Å²) in [4.78, 5) is 11.6. The van der Waals surface area contributed by atoms with Gasteiger partial charge in [-0.1, -0.05) is 30.3 Å². The Morgan fingerprint density at radius 1 is 0.952 bits per heavy atom. The number of carbonyl (C=O) groups excluding carboxylic acids is 1. The number of nitrogens with one attached hydrogen (secondary N) is 2. The number of anilines is 1. The smallest absolute Gasteiger partial charge is 0.239 e. The zero-order chi connectivity index (χ0) is 15.2. The van der Waals surface area contributed by atoms with Crippen LogP contribution >= 0.6 is 0 Å². The molecule has 3 nitrogen and oxygen atoms in total. The van der Waals surface area contributed by atoms with Crippen LogP contribution in [0.3, 0.4) is 0 Å². The van der Waals surface area contributed by atoms with E-state index in [4.69, 9.17) is 0 Å². The molecule has 0 bridgehead atoms. The van der Waals surface area contributed by atoms with Gasteiger partial charge in [-0.3, -0.25) is 4.79 Å². The number of amides is 1. The van der Waals surface area contributed by atoms with Crippen molar-refractivity contribution in [3.63, 3.8) is 0 Å². The van der Waals surface area contributed by atoms with Crippen LogP contribution in [0.4, 0.5) is 18.9 Å². The first-order valence-corrected chi connectivity index (χ1v) is 6.25. The van der Waals surface area contributed by atoms with Gasteiger partial charge in [-0.15, -0.1) is 0 Å². The molecular formula is C15H13F3N2O. The molecule has 0 aromatic heterocycles. The maximum absolute atomic E-state index is 13.3. The van der Waals surface area contributed by atoms with E-state index in [1.165, 1.54) is 0 Å². The van der Waals surface area contributed by atoms with Crippen LogP contribution in [0.15, 0.2) is 42.5 Å². The summed E-state index contributed by atoms with van der Waals surface area (Å²) in [5.41, 5.74) is 0.661. The van der Waals surface area contributed by atoms with Crippen molar-refractivity contribution in [1.82, 2.24) is 5.32 Å².